The summed E-state index contributed by atoms with van der Waals surface area (Å²) in [6.07, 6.45) is 4.91. The highest BCUT2D eigenvalue weighted by molar-refractivity contribution is 7.98. The summed E-state index contributed by atoms with van der Waals surface area (Å²) >= 11 is 1.51. The van der Waals surface area contributed by atoms with Crippen molar-refractivity contribution in [2.75, 3.05) is 17.3 Å². The average Bonchev–Trinajstić information content (AvgIpc) is 2.89. The van der Waals surface area contributed by atoms with Gasteiger partial charge in [-0.3, -0.25) is 14.2 Å². The monoisotopic (exact) mass is 323 g/mol. The van der Waals surface area contributed by atoms with Gasteiger partial charge in [0.15, 0.2) is 11.6 Å². The van der Waals surface area contributed by atoms with Crippen LogP contribution in [0.2, 0.25) is 0 Å². The van der Waals surface area contributed by atoms with E-state index in [0.717, 1.165) is 0 Å². The van der Waals surface area contributed by atoms with Crippen molar-refractivity contribution in [3.8, 4) is 0 Å². The van der Waals surface area contributed by atoms with Crippen LogP contribution < -0.4 is 10.9 Å². The van der Waals surface area contributed by atoms with Crippen molar-refractivity contribution in [3.05, 3.63) is 34.1 Å². The zero-order valence-corrected chi connectivity index (χ0v) is 13.4. The fourth-order valence-electron chi connectivity index (χ4n) is 1.92. The molecule has 0 radical (unpaired) electrons. The molecule has 8 nitrogen and oxygen atoms in total. The van der Waals surface area contributed by atoms with Crippen LogP contribution in [0.4, 0.5) is 5.82 Å². The van der Waals surface area contributed by atoms with Gasteiger partial charge in [0, 0.05) is 18.1 Å². The molecule has 0 aliphatic heterocycles. The van der Waals surface area contributed by atoms with Crippen LogP contribution in [0.25, 0.3) is 0 Å². The van der Waals surface area contributed by atoms with E-state index < -0.39 is 6.04 Å². The Labute approximate surface area is 131 Å². The number of thioether (sulfide) groups is 1. The highest BCUT2D eigenvalue weighted by atomic mass is 32.2. The number of nitrogens with one attached hydrogen (secondary N) is 1. The van der Waals surface area contributed by atoms with Gasteiger partial charge in [0.2, 0.25) is 0 Å². The lowest BCUT2D eigenvalue weighted by Gasteiger charge is -2.16. The lowest BCUT2D eigenvalue weighted by Crippen LogP contribution is -2.32. The molecule has 1 atom stereocenters. The Bertz CT molecular complexity index is 712. The average molecular weight is 323 g/mol. The zero-order chi connectivity index (χ0) is 16.1. The van der Waals surface area contributed by atoms with E-state index >= 15 is 0 Å². The SMILES string of the molecule is CSCC(C(C)=O)n1ccnc(NCc2nonc2C)c1=O. The fourth-order valence-corrected chi connectivity index (χ4v) is 2.63. The van der Waals surface area contributed by atoms with Gasteiger partial charge in [-0.25, -0.2) is 9.61 Å². The van der Waals surface area contributed by atoms with Gasteiger partial charge in [0.25, 0.3) is 5.56 Å². The van der Waals surface area contributed by atoms with E-state index in [1.54, 1.807) is 6.92 Å². The Morgan fingerprint density at radius 3 is 2.86 bits per heavy atom. The van der Waals surface area contributed by atoms with Crippen LogP contribution in [0.15, 0.2) is 21.8 Å². The van der Waals surface area contributed by atoms with Crippen molar-refractivity contribution in [1.29, 1.82) is 0 Å². The Kier molecular flexibility index (Phi) is 5.31. The van der Waals surface area contributed by atoms with Crippen molar-refractivity contribution in [3.63, 3.8) is 0 Å². The summed E-state index contributed by atoms with van der Waals surface area (Å²) in [5.74, 6) is 0.632. The molecule has 0 saturated carbocycles. The molecule has 2 rings (SSSR count). The van der Waals surface area contributed by atoms with Gasteiger partial charge in [0.05, 0.1) is 6.54 Å². The molecular weight excluding hydrogens is 306 g/mol. The van der Waals surface area contributed by atoms with Crippen LogP contribution in [0.5, 0.6) is 0 Å². The number of aromatic nitrogens is 4. The summed E-state index contributed by atoms with van der Waals surface area (Å²) in [6.45, 7) is 3.51. The first-order chi connectivity index (χ1) is 10.5. The third-order valence-corrected chi connectivity index (χ3v) is 3.82. The molecule has 1 unspecified atom stereocenters. The van der Waals surface area contributed by atoms with E-state index in [2.05, 4.69) is 25.2 Å². The van der Waals surface area contributed by atoms with Gasteiger partial charge in [0.1, 0.15) is 17.4 Å². The summed E-state index contributed by atoms with van der Waals surface area (Å²) < 4.78 is 6.00. The van der Waals surface area contributed by atoms with Gasteiger partial charge < -0.3 is 5.32 Å². The molecule has 0 aliphatic carbocycles. The van der Waals surface area contributed by atoms with E-state index in [9.17, 15) is 9.59 Å². The van der Waals surface area contributed by atoms with Crippen molar-refractivity contribution in [2.24, 2.45) is 0 Å². The van der Waals surface area contributed by atoms with E-state index in [-0.39, 0.29) is 23.7 Å². The van der Waals surface area contributed by atoms with Crippen LogP contribution in [0, 0.1) is 6.92 Å². The molecule has 0 fully saturated rings. The minimum absolute atomic E-state index is 0.0647. The number of hydrogen-bond donors (Lipinski definition) is 1. The highest BCUT2D eigenvalue weighted by Crippen LogP contribution is 2.12. The Hall–Kier alpha value is -2.16. The molecule has 0 amide bonds. The molecule has 1 N–H and O–H groups in total. The van der Waals surface area contributed by atoms with Crippen molar-refractivity contribution < 1.29 is 9.42 Å². The van der Waals surface area contributed by atoms with Gasteiger partial charge in [-0.15, -0.1) is 0 Å². The molecule has 22 heavy (non-hydrogen) atoms. The Morgan fingerprint density at radius 1 is 1.50 bits per heavy atom. The molecule has 2 aromatic rings. The highest BCUT2D eigenvalue weighted by Gasteiger charge is 2.19. The summed E-state index contributed by atoms with van der Waals surface area (Å²) in [5, 5.41) is 10.3. The number of rotatable bonds is 7. The summed E-state index contributed by atoms with van der Waals surface area (Å²) in [6, 6.07) is -0.499. The van der Waals surface area contributed by atoms with Gasteiger partial charge in [-0.05, 0) is 20.1 Å². The molecule has 0 aromatic carbocycles. The maximum absolute atomic E-state index is 12.5. The second-order valence-electron chi connectivity index (χ2n) is 4.72. The number of hydrogen-bond acceptors (Lipinski definition) is 8. The normalized spacial score (nSPS) is 12.1. The number of nitrogens with zero attached hydrogens (tertiary/aromatic N) is 4. The molecule has 0 bridgehead atoms. The first kappa shape index (κ1) is 16.2. The van der Waals surface area contributed by atoms with Crippen molar-refractivity contribution in [2.45, 2.75) is 26.4 Å². The lowest BCUT2D eigenvalue weighted by molar-refractivity contribution is -0.119. The quantitative estimate of drug-likeness (QED) is 0.806. The van der Waals surface area contributed by atoms with Crippen LogP contribution in [0.3, 0.4) is 0 Å². The molecule has 2 aromatic heterocycles. The second-order valence-corrected chi connectivity index (χ2v) is 5.63. The first-order valence-electron chi connectivity index (χ1n) is 6.63. The van der Waals surface area contributed by atoms with Crippen LogP contribution >= 0.6 is 11.8 Å². The number of anilines is 1. The zero-order valence-electron chi connectivity index (χ0n) is 12.6. The Balaban J connectivity index is 2.23. The second kappa shape index (κ2) is 7.21. The van der Waals surface area contributed by atoms with Gasteiger partial charge >= 0.3 is 0 Å². The van der Waals surface area contributed by atoms with Gasteiger partial charge in [-0.1, -0.05) is 10.3 Å². The van der Waals surface area contributed by atoms with Crippen LogP contribution in [0.1, 0.15) is 24.4 Å². The number of aryl methyl sites for hydroxylation is 1. The summed E-state index contributed by atoms with van der Waals surface area (Å²) in [4.78, 5) is 28.2. The third-order valence-electron chi connectivity index (χ3n) is 3.17. The minimum Gasteiger partial charge on any atom is -0.360 e. The molecule has 2 heterocycles. The van der Waals surface area contributed by atoms with Crippen molar-refractivity contribution in [1.82, 2.24) is 19.9 Å². The number of Topliss-reactive ketones (excluding diaryl/α,β-unsaturated/α-hetero) is 1. The Morgan fingerprint density at radius 2 is 2.27 bits per heavy atom. The molecule has 0 spiro atoms. The predicted octanol–water partition coefficient (Wildman–Crippen LogP) is 1.04. The third kappa shape index (κ3) is 3.53. The number of carbonyl (C=O) groups is 1. The topological polar surface area (TPSA) is 103 Å². The van der Waals surface area contributed by atoms with E-state index in [0.29, 0.717) is 17.1 Å². The molecule has 0 saturated heterocycles. The van der Waals surface area contributed by atoms with E-state index in [1.807, 2.05) is 6.26 Å². The number of ketones is 1. The van der Waals surface area contributed by atoms with Crippen LogP contribution in [-0.4, -0.2) is 37.7 Å². The predicted molar refractivity (Wildman–Crippen MR) is 83.0 cm³/mol. The molecule has 0 aliphatic rings. The molecular formula is C13H17N5O3S. The van der Waals surface area contributed by atoms with Crippen LogP contribution in [-0.2, 0) is 11.3 Å². The first-order valence-corrected chi connectivity index (χ1v) is 8.02. The number of carbonyl (C=O) groups excluding carboxylic acids is 1. The molecule has 118 valence electrons. The smallest absolute Gasteiger partial charge is 0.293 e. The standard InChI is InChI=1S/C13H17N5O3S/c1-8-10(17-21-16-8)6-15-12-13(20)18(5-4-14-12)11(7-22-3)9(2)19/h4-5,11H,6-7H2,1-3H3,(H,14,15). The van der Waals surface area contributed by atoms with Crippen molar-refractivity contribution >= 4 is 23.4 Å². The fraction of sp³-hybridized carbons (Fsp3) is 0.462. The molecule has 9 heteroatoms. The van der Waals surface area contributed by atoms with E-state index in [4.69, 9.17) is 0 Å². The van der Waals surface area contributed by atoms with E-state index in [1.165, 1.54) is 35.6 Å². The maximum Gasteiger partial charge on any atom is 0.293 e. The largest absolute Gasteiger partial charge is 0.360 e. The lowest BCUT2D eigenvalue weighted by atomic mass is 10.2. The summed E-state index contributed by atoms with van der Waals surface area (Å²) in [5.41, 5.74) is 0.905. The maximum atomic E-state index is 12.5. The van der Waals surface area contributed by atoms with Gasteiger partial charge in [-0.2, -0.15) is 11.8 Å². The minimum atomic E-state index is -0.499. The summed E-state index contributed by atoms with van der Waals surface area (Å²) in [7, 11) is 0.